The van der Waals surface area contributed by atoms with Crippen LogP contribution in [-0.4, -0.2) is 45.0 Å². The van der Waals surface area contributed by atoms with Crippen LogP contribution in [0.4, 0.5) is 10.3 Å². The Hall–Kier alpha value is -2.23. The number of thioether (sulfide) groups is 1. The van der Waals surface area contributed by atoms with Gasteiger partial charge in [0.25, 0.3) is 0 Å². The molecular formula is C29H38N6S3. The van der Waals surface area contributed by atoms with Gasteiger partial charge in [-0.1, -0.05) is 83.6 Å². The predicted molar refractivity (Wildman–Crippen MR) is 164 cm³/mol. The summed E-state index contributed by atoms with van der Waals surface area (Å²) in [5.74, 6) is 2.89. The van der Waals surface area contributed by atoms with Gasteiger partial charge in [-0.3, -0.25) is 0 Å². The SMILES string of the molecule is C1=CC(CCNc2nnc(CCSCCc3nnc(NCCc4ccc(C5CCCC5)cc4)s3)s2)=CCC1. The molecule has 3 aromatic rings. The molecule has 0 spiro atoms. The molecule has 1 fully saturated rings. The second-order valence-corrected chi connectivity index (χ2v) is 13.3. The van der Waals surface area contributed by atoms with E-state index in [1.54, 1.807) is 22.7 Å². The summed E-state index contributed by atoms with van der Waals surface area (Å²) in [6.45, 7) is 1.80. The van der Waals surface area contributed by atoms with Gasteiger partial charge in [0.1, 0.15) is 10.0 Å². The van der Waals surface area contributed by atoms with Crippen LogP contribution < -0.4 is 10.6 Å². The molecule has 2 aromatic heterocycles. The molecule has 0 unspecified atom stereocenters. The van der Waals surface area contributed by atoms with Crippen LogP contribution in [0.15, 0.2) is 48.1 Å². The summed E-state index contributed by atoms with van der Waals surface area (Å²) in [7, 11) is 0. The van der Waals surface area contributed by atoms with Gasteiger partial charge >= 0.3 is 0 Å². The average Bonchev–Trinajstić information content (AvgIpc) is 3.73. The monoisotopic (exact) mass is 566 g/mol. The second kappa shape index (κ2) is 14.8. The zero-order valence-electron chi connectivity index (χ0n) is 22.0. The van der Waals surface area contributed by atoms with E-state index in [2.05, 4.69) is 73.5 Å². The van der Waals surface area contributed by atoms with Crippen LogP contribution in [0.3, 0.4) is 0 Å². The fraction of sp³-hybridized carbons (Fsp3) is 0.517. The van der Waals surface area contributed by atoms with Gasteiger partial charge in [-0.2, -0.15) is 11.8 Å². The zero-order valence-corrected chi connectivity index (χ0v) is 24.5. The Morgan fingerprint density at radius 1 is 0.763 bits per heavy atom. The quantitative estimate of drug-likeness (QED) is 0.187. The first-order chi connectivity index (χ1) is 18.8. The highest BCUT2D eigenvalue weighted by Crippen LogP contribution is 2.34. The first kappa shape index (κ1) is 27.3. The summed E-state index contributed by atoms with van der Waals surface area (Å²) < 4.78 is 0. The van der Waals surface area contributed by atoms with Crippen LogP contribution in [0.5, 0.6) is 0 Å². The van der Waals surface area contributed by atoms with Crippen molar-refractivity contribution in [3.05, 3.63) is 69.2 Å². The van der Waals surface area contributed by atoms with E-state index in [4.69, 9.17) is 0 Å². The number of hydrogen-bond donors (Lipinski definition) is 2. The Bertz CT molecular complexity index is 1180. The van der Waals surface area contributed by atoms with Crippen LogP contribution in [0.2, 0.25) is 0 Å². The normalized spacial score (nSPS) is 15.6. The van der Waals surface area contributed by atoms with E-state index in [1.807, 2.05) is 11.8 Å². The molecule has 9 heteroatoms. The lowest BCUT2D eigenvalue weighted by molar-refractivity contribution is 0.722. The molecule has 2 aliphatic carbocycles. The number of rotatable bonds is 15. The predicted octanol–water partition coefficient (Wildman–Crippen LogP) is 7.30. The molecule has 5 rings (SSSR count). The topological polar surface area (TPSA) is 75.6 Å². The molecule has 0 saturated heterocycles. The zero-order chi connectivity index (χ0) is 25.8. The molecule has 0 atom stereocenters. The van der Waals surface area contributed by atoms with Crippen molar-refractivity contribution in [2.75, 3.05) is 35.2 Å². The fourth-order valence-corrected chi connectivity index (χ4v) is 7.64. The number of nitrogens with zero attached hydrogens (tertiary/aromatic N) is 4. The van der Waals surface area contributed by atoms with Crippen LogP contribution in [0, 0.1) is 0 Å². The highest BCUT2D eigenvalue weighted by Gasteiger charge is 2.16. The number of aromatic nitrogens is 4. The minimum absolute atomic E-state index is 0.789. The van der Waals surface area contributed by atoms with Gasteiger partial charge in [-0.25, -0.2) is 0 Å². The molecule has 2 aliphatic rings. The smallest absolute Gasteiger partial charge is 0.205 e. The van der Waals surface area contributed by atoms with Crippen LogP contribution in [-0.2, 0) is 19.3 Å². The summed E-state index contributed by atoms with van der Waals surface area (Å²) in [6.07, 6.45) is 18.6. The van der Waals surface area contributed by atoms with Crippen LogP contribution >= 0.6 is 34.4 Å². The lowest BCUT2D eigenvalue weighted by Crippen LogP contribution is -2.04. The van der Waals surface area contributed by atoms with Gasteiger partial charge < -0.3 is 10.6 Å². The third kappa shape index (κ3) is 8.64. The molecule has 6 nitrogen and oxygen atoms in total. The van der Waals surface area contributed by atoms with Crippen molar-refractivity contribution in [2.45, 2.75) is 70.1 Å². The van der Waals surface area contributed by atoms with Gasteiger partial charge in [0.15, 0.2) is 0 Å². The molecule has 38 heavy (non-hydrogen) atoms. The van der Waals surface area contributed by atoms with Gasteiger partial charge in [-0.05, 0) is 67.1 Å². The van der Waals surface area contributed by atoms with Crippen molar-refractivity contribution in [1.29, 1.82) is 0 Å². The average molecular weight is 567 g/mol. The molecule has 0 radical (unpaired) electrons. The summed E-state index contributed by atoms with van der Waals surface area (Å²) in [6, 6.07) is 9.26. The Labute approximate surface area is 238 Å². The molecule has 0 bridgehead atoms. The van der Waals surface area contributed by atoms with Crippen molar-refractivity contribution >= 4 is 44.7 Å². The Morgan fingerprint density at radius 3 is 2.05 bits per heavy atom. The van der Waals surface area contributed by atoms with Crippen molar-refractivity contribution in [2.24, 2.45) is 0 Å². The fourth-order valence-electron chi connectivity index (χ4n) is 4.97. The van der Waals surface area contributed by atoms with E-state index >= 15 is 0 Å². The number of benzene rings is 1. The highest BCUT2D eigenvalue weighted by atomic mass is 32.2. The molecule has 0 aliphatic heterocycles. The van der Waals surface area contributed by atoms with E-state index in [0.717, 1.165) is 76.5 Å². The van der Waals surface area contributed by atoms with Crippen molar-refractivity contribution in [3.8, 4) is 0 Å². The standard InChI is InChI=1S/C29H38N6S3/c1-2-6-22(7-3-1)14-18-30-28-34-32-26(37-28)16-20-36-21-17-27-33-35-29(38-27)31-19-15-23-10-12-25(13-11-23)24-8-4-5-9-24/h2,6-7,10-13,24H,1,3-5,8-9,14-21H2,(H,30,34)(H,31,35). The van der Waals surface area contributed by atoms with Crippen molar-refractivity contribution in [3.63, 3.8) is 0 Å². The lowest BCUT2D eigenvalue weighted by Gasteiger charge is -2.10. The molecule has 202 valence electrons. The molecule has 0 amide bonds. The lowest BCUT2D eigenvalue weighted by atomic mass is 9.96. The van der Waals surface area contributed by atoms with Gasteiger partial charge in [-0.15, -0.1) is 20.4 Å². The van der Waals surface area contributed by atoms with Gasteiger partial charge in [0, 0.05) is 25.9 Å². The van der Waals surface area contributed by atoms with E-state index in [9.17, 15) is 0 Å². The maximum atomic E-state index is 4.37. The van der Waals surface area contributed by atoms with Crippen LogP contribution in [0.25, 0.3) is 0 Å². The third-order valence-electron chi connectivity index (χ3n) is 7.11. The van der Waals surface area contributed by atoms with E-state index < -0.39 is 0 Å². The number of allylic oxidation sites excluding steroid dienone is 3. The van der Waals surface area contributed by atoms with Crippen molar-refractivity contribution < 1.29 is 0 Å². The maximum absolute atomic E-state index is 4.37. The molecule has 2 heterocycles. The maximum Gasteiger partial charge on any atom is 0.205 e. The largest absolute Gasteiger partial charge is 0.360 e. The van der Waals surface area contributed by atoms with Crippen LogP contribution in [0.1, 0.15) is 72.0 Å². The first-order valence-electron chi connectivity index (χ1n) is 14.0. The first-order valence-corrected chi connectivity index (χ1v) is 16.8. The molecule has 1 aromatic carbocycles. The Morgan fingerprint density at radius 2 is 1.42 bits per heavy atom. The molecule has 2 N–H and O–H groups in total. The number of anilines is 2. The third-order valence-corrected chi connectivity index (χ3v) is 9.98. The minimum atomic E-state index is 0.789. The van der Waals surface area contributed by atoms with Gasteiger partial charge in [0.05, 0.1) is 0 Å². The van der Waals surface area contributed by atoms with Gasteiger partial charge in [0.2, 0.25) is 10.3 Å². The Balaban J connectivity index is 0.922. The summed E-state index contributed by atoms with van der Waals surface area (Å²) in [4.78, 5) is 0. The minimum Gasteiger partial charge on any atom is -0.360 e. The Kier molecular flexibility index (Phi) is 10.6. The number of aryl methyl sites for hydroxylation is 2. The van der Waals surface area contributed by atoms with E-state index in [1.165, 1.54) is 55.2 Å². The van der Waals surface area contributed by atoms with E-state index in [0.29, 0.717) is 0 Å². The van der Waals surface area contributed by atoms with Crippen molar-refractivity contribution in [1.82, 2.24) is 20.4 Å². The molecule has 1 saturated carbocycles. The number of hydrogen-bond acceptors (Lipinski definition) is 9. The summed E-state index contributed by atoms with van der Waals surface area (Å²) in [5.41, 5.74) is 4.32. The summed E-state index contributed by atoms with van der Waals surface area (Å²) >= 11 is 5.30. The second-order valence-electron chi connectivity index (χ2n) is 9.95. The summed E-state index contributed by atoms with van der Waals surface area (Å²) in [5, 5.41) is 28.3. The molecular weight excluding hydrogens is 529 g/mol. The highest BCUT2D eigenvalue weighted by molar-refractivity contribution is 7.99. The number of nitrogens with one attached hydrogen (secondary N) is 2. The van der Waals surface area contributed by atoms with E-state index in [-0.39, 0.29) is 0 Å².